The lowest BCUT2D eigenvalue weighted by Gasteiger charge is -1.91. The van der Waals surface area contributed by atoms with Gasteiger partial charge in [0.1, 0.15) is 0 Å². The molecule has 0 aliphatic carbocycles. The quantitative estimate of drug-likeness (QED) is 0.448. The molecule has 1 atom stereocenters. The average molecular weight is 162 g/mol. The summed E-state index contributed by atoms with van der Waals surface area (Å²) in [5.74, 6) is 1.26. The highest BCUT2D eigenvalue weighted by Gasteiger charge is 1.92. The van der Waals surface area contributed by atoms with Crippen LogP contribution in [0, 0.1) is 0 Å². The molecular formula is C6H10OS2. The van der Waals surface area contributed by atoms with Crippen molar-refractivity contribution in [2.24, 2.45) is 0 Å². The van der Waals surface area contributed by atoms with Gasteiger partial charge in [-0.15, -0.1) is 6.58 Å². The first-order valence-corrected chi connectivity index (χ1v) is 4.66. The summed E-state index contributed by atoms with van der Waals surface area (Å²) in [4.78, 5) is 0. The molecule has 0 bridgehead atoms. The lowest BCUT2D eigenvalue weighted by atomic mass is 10.6. The maximum absolute atomic E-state index is 10.8. The van der Waals surface area contributed by atoms with Crippen molar-refractivity contribution in [3.05, 3.63) is 12.7 Å². The fourth-order valence-electron chi connectivity index (χ4n) is 0.394. The molecule has 0 aliphatic heterocycles. The normalized spacial score (nSPS) is 12.4. The van der Waals surface area contributed by atoms with E-state index in [2.05, 4.69) is 18.8 Å². The molecule has 0 amide bonds. The van der Waals surface area contributed by atoms with Crippen LogP contribution in [0.3, 0.4) is 0 Å². The molecule has 0 aromatic carbocycles. The van der Waals surface area contributed by atoms with E-state index < -0.39 is 10.8 Å². The van der Waals surface area contributed by atoms with Crippen LogP contribution in [0.5, 0.6) is 0 Å². The van der Waals surface area contributed by atoms with E-state index in [0.717, 1.165) is 6.42 Å². The Morgan fingerprint density at radius 2 is 2.33 bits per heavy atom. The minimum Gasteiger partial charge on any atom is -0.259 e. The maximum Gasteiger partial charge on any atom is 0.0412 e. The van der Waals surface area contributed by atoms with Gasteiger partial charge in [0, 0.05) is 22.3 Å². The van der Waals surface area contributed by atoms with Gasteiger partial charge in [-0.3, -0.25) is 4.21 Å². The molecule has 1 unspecified atom stereocenters. The Balaban J connectivity index is 3.26. The Hall–Kier alpha value is -0.0200. The van der Waals surface area contributed by atoms with Gasteiger partial charge in [0.25, 0.3) is 0 Å². The summed E-state index contributed by atoms with van der Waals surface area (Å²) in [6.07, 6.45) is 2.43. The Morgan fingerprint density at radius 3 is 2.78 bits per heavy atom. The smallest absolute Gasteiger partial charge is 0.0412 e. The molecule has 3 heteroatoms. The second-order valence-electron chi connectivity index (χ2n) is 1.55. The Kier molecular flexibility index (Phi) is 6.09. The SMILES string of the molecule is C=CCS(=O)CCC=S. The molecule has 52 valence electrons. The summed E-state index contributed by atoms with van der Waals surface area (Å²) in [6.45, 7) is 3.48. The molecule has 0 aromatic heterocycles. The molecule has 0 N–H and O–H groups in total. The van der Waals surface area contributed by atoms with Gasteiger partial charge in [0.15, 0.2) is 0 Å². The monoisotopic (exact) mass is 162 g/mol. The highest BCUT2D eigenvalue weighted by molar-refractivity contribution is 7.85. The van der Waals surface area contributed by atoms with Crippen molar-refractivity contribution in [2.45, 2.75) is 6.42 Å². The Labute approximate surface area is 63.6 Å². The van der Waals surface area contributed by atoms with Crippen LogP contribution >= 0.6 is 12.2 Å². The maximum atomic E-state index is 10.8. The number of rotatable bonds is 5. The van der Waals surface area contributed by atoms with Gasteiger partial charge in [-0.1, -0.05) is 18.3 Å². The molecular weight excluding hydrogens is 152 g/mol. The van der Waals surface area contributed by atoms with Gasteiger partial charge in [-0.2, -0.15) is 0 Å². The fraction of sp³-hybridized carbons (Fsp3) is 0.500. The van der Waals surface area contributed by atoms with Crippen LogP contribution < -0.4 is 0 Å². The van der Waals surface area contributed by atoms with Crippen LogP contribution in [0.25, 0.3) is 0 Å². The van der Waals surface area contributed by atoms with Gasteiger partial charge in [-0.05, 0) is 11.8 Å². The lowest BCUT2D eigenvalue weighted by molar-refractivity contribution is 0.685. The topological polar surface area (TPSA) is 17.1 Å². The molecule has 1 nitrogen and oxygen atoms in total. The van der Waals surface area contributed by atoms with E-state index in [1.54, 1.807) is 11.4 Å². The summed E-state index contributed by atoms with van der Waals surface area (Å²) < 4.78 is 10.8. The molecule has 9 heavy (non-hydrogen) atoms. The predicted molar refractivity (Wildman–Crippen MR) is 46.3 cm³/mol. The summed E-state index contributed by atoms with van der Waals surface area (Å²) in [5.41, 5.74) is 0. The molecule has 0 saturated carbocycles. The van der Waals surface area contributed by atoms with E-state index in [4.69, 9.17) is 0 Å². The third kappa shape index (κ3) is 5.86. The first kappa shape index (κ1) is 8.98. The third-order valence-electron chi connectivity index (χ3n) is 0.767. The zero-order chi connectivity index (χ0) is 7.11. The van der Waals surface area contributed by atoms with Crippen molar-refractivity contribution in [2.75, 3.05) is 11.5 Å². The van der Waals surface area contributed by atoms with Crippen molar-refractivity contribution in [3.63, 3.8) is 0 Å². The zero-order valence-corrected chi connectivity index (χ0v) is 6.84. The lowest BCUT2D eigenvalue weighted by Crippen LogP contribution is -1.99. The molecule has 0 rings (SSSR count). The Bertz CT molecular complexity index is 120. The van der Waals surface area contributed by atoms with Crippen LogP contribution in [0.15, 0.2) is 12.7 Å². The van der Waals surface area contributed by atoms with Gasteiger partial charge in [-0.25, -0.2) is 0 Å². The van der Waals surface area contributed by atoms with Gasteiger partial charge in [0.05, 0.1) is 0 Å². The fourth-order valence-corrected chi connectivity index (χ4v) is 1.47. The molecule has 0 aliphatic rings. The third-order valence-corrected chi connectivity index (χ3v) is 2.30. The molecule has 0 spiro atoms. The van der Waals surface area contributed by atoms with Gasteiger partial charge < -0.3 is 0 Å². The van der Waals surface area contributed by atoms with E-state index >= 15 is 0 Å². The van der Waals surface area contributed by atoms with Crippen LogP contribution in [0.2, 0.25) is 0 Å². The average Bonchev–Trinajstić information content (AvgIpc) is 1.85. The largest absolute Gasteiger partial charge is 0.259 e. The molecule has 0 saturated heterocycles. The second-order valence-corrected chi connectivity index (χ2v) is 3.51. The van der Waals surface area contributed by atoms with Crippen LogP contribution in [-0.2, 0) is 10.8 Å². The van der Waals surface area contributed by atoms with Gasteiger partial charge in [0.2, 0.25) is 0 Å². The van der Waals surface area contributed by atoms with E-state index in [1.807, 2.05) is 0 Å². The summed E-state index contributed by atoms with van der Waals surface area (Å²) >= 11 is 4.57. The van der Waals surface area contributed by atoms with Crippen molar-refractivity contribution < 1.29 is 4.21 Å². The second kappa shape index (κ2) is 6.11. The molecule has 0 aromatic rings. The van der Waals surface area contributed by atoms with Crippen molar-refractivity contribution >= 4 is 28.4 Å². The number of hydrogen-bond acceptors (Lipinski definition) is 2. The van der Waals surface area contributed by atoms with E-state index in [0.29, 0.717) is 11.5 Å². The van der Waals surface area contributed by atoms with Crippen molar-refractivity contribution in [3.8, 4) is 0 Å². The summed E-state index contributed by atoms with van der Waals surface area (Å²) in [7, 11) is -0.736. The standard InChI is InChI=1S/C6H10OS2/c1-2-5-9(7)6-3-4-8/h2,4H,1,3,5-6H2. The van der Waals surface area contributed by atoms with Crippen molar-refractivity contribution in [1.29, 1.82) is 0 Å². The summed E-state index contributed by atoms with van der Waals surface area (Å²) in [6, 6.07) is 0. The molecule has 0 radical (unpaired) electrons. The number of thiocarbonyl (C=S) groups is 1. The van der Waals surface area contributed by atoms with E-state index in [-0.39, 0.29) is 0 Å². The van der Waals surface area contributed by atoms with Crippen LogP contribution in [0.4, 0.5) is 0 Å². The first-order chi connectivity index (χ1) is 4.31. The van der Waals surface area contributed by atoms with E-state index in [1.165, 1.54) is 0 Å². The minimum absolute atomic E-state index is 0.586. The van der Waals surface area contributed by atoms with Crippen molar-refractivity contribution in [1.82, 2.24) is 0 Å². The van der Waals surface area contributed by atoms with Gasteiger partial charge >= 0.3 is 0 Å². The minimum atomic E-state index is -0.736. The highest BCUT2D eigenvalue weighted by atomic mass is 32.2. The highest BCUT2D eigenvalue weighted by Crippen LogP contribution is 1.85. The molecule has 0 fully saturated rings. The first-order valence-electron chi connectivity index (χ1n) is 2.70. The zero-order valence-electron chi connectivity index (χ0n) is 5.21. The molecule has 0 heterocycles. The van der Waals surface area contributed by atoms with Crippen LogP contribution in [0.1, 0.15) is 6.42 Å². The number of hydrogen-bond donors (Lipinski definition) is 0. The van der Waals surface area contributed by atoms with Crippen LogP contribution in [-0.4, -0.2) is 21.1 Å². The Morgan fingerprint density at radius 1 is 1.67 bits per heavy atom. The predicted octanol–water partition coefficient (Wildman–Crippen LogP) is 1.31. The van der Waals surface area contributed by atoms with E-state index in [9.17, 15) is 4.21 Å². The summed E-state index contributed by atoms with van der Waals surface area (Å²) in [5, 5.41) is 1.61.